The molecule has 0 fully saturated rings. The molecule has 0 unspecified atom stereocenters. The van der Waals surface area contributed by atoms with Crippen LogP contribution >= 0.6 is 0 Å². The molecule has 18 heavy (non-hydrogen) atoms. The molecular weight excluding hydrogens is 226 g/mol. The summed E-state index contributed by atoms with van der Waals surface area (Å²) in [5.74, 6) is 0.132. The number of fused-ring (bicyclic) bond motifs is 5. The highest BCUT2D eigenvalue weighted by Crippen LogP contribution is 2.26. The van der Waals surface area contributed by atoms with Crippen LogP contribution in [0.4, 0.5) is 0 Å². The molecule has 0 bridgehead atoms. The van der Waals surface area contributed by atoms with Crippen LogP contribution in [0.15, 0.2) is 48.8 Å². The molecule has 4 nitrogen and oxygen atoms in total. The van der Waals surface area contributed by atoms with Gasteiger partial charge in [0.15, 0.2) is 5.65 Å². The zero-order valence-electron chi connectivity index (χ0n) is 9.41. The first-order valence-electron chi connectivity index (χ1n) is 5.67. The first kappa shape index (κ1) is 9.41. The van der Waals surface area contributed by atoms with Gasteiger partial charge in [0.25, 0.3) is 0 Å². The van der Waals surface area contributed by atoms with Crippen molar-refractivity contribution in [2.24, 2.45) is 0 Å². The zero-order chi connectivity index (χ0) is 12.1. The van der Waals surface area contributed by atoms with Gasteiger partial charge in [-0.05, 0) is 11.5 Å². The molecule has 86 valence electrons. The predicted octanol–water partition coefficient (Wildman–Crippen LogP) is 2.74. The van der Waals surface area contributed by atoms with Crippen molar-refractivity contribution in [2.45, 2.75) is 0 Å². The van der Waals surface area contributed by atoms with Crippen LogP contribution in [0.3, 0.4) is 0 Å². The molecule has 0 aliphatic carbocycles. The van der Waals surface area contributed by atoms with E-state index in [9.17, 15) is 5.11 Å². The fourth-order valence-electron chi connectivity index (χ4n) is 2.38. The molecule has 0 saturated heterocycles. The second kappa shape index (κ2) is 3.20. The maximum atomic E-state index is 9.85. The maximum absolute atomic E-state index is 9.85. The minimum absolute atomic E-state index is 0.132. The van der Waals surface area contributed by atoms with E-state index >= 15 is 0 Å². The molecule has 4 heteroatoms. The number of aromatic nitrogens is 3. The van der Waals surface area contributed by atoms with Gasteiger partial charge in [-0.2, -0.15) is 0 Å². The Bertz CT molecular complexity index is 895. The predicted molar refractivity (Wildman–Crippen MR) is 69.7 cm³/mol. The van der Waals surface area contributed by atoms with Crippen molar-refractivity contribution >= 4 is 27.5 Å². The lowest BCUT2D eigenvalue weighted by Crippen LogP contribution is -1.91. The number of hydrogen-bond acceptors (Lipinski definition) is 3. The van der Waals surface area contributed by atoms with Gasteiger partial charge in [0.1, 0.15) is 0 Å². The lowest BCUT2D eigenvalue weighted by molar-refractivity contribution is 0.451. The molecule has 2 aromatic carbocycles. The van der Waals surface area contributed by atoms with Gasteiger partial charge in [-0.15, -0.1) is 0 Å². The second-order valence-electron chi connectivity index (χ2n) is 4.22. The van der Waals surface area contributed by atoms with Gasteiger partial charge in [0, 0.05) is 5.39 Å². The van der Waals surface area contributed by atoms with Crippen molar-refractivity contribution in [2.75, 3.05) is 0 Å². The molecule has 0 saturated carbocycles. The maximum Gasteiger partial charge on any atom is 0.216 e. The summed E-state index contributed by atoms with van der Waals surface area (Å²) in [5, 5.41) is 12.1. The Morgan fingerprint density at radius 2 is 1.83 bits per heavy atom. The lowest BCUT2D eigenvalue weighted by atomic mass is 10.1. The summed E-state index contributed by atoms with van der Waals surface area (Å²) >= 11 is 0. The highest BCUT2D eigenvalue weighted by molar-refractivity contribution is 6.04. The van der Waals surface area contributed by atoms with Crippen LogP contribution in [-0.2, 0) is 0 Å². The van der Waals surface area contributed by atoms with Crippen molar-refractivity contribution in [1.82, 2.24) is 14.4 Å². The molecule has 2 heterocycles. The van der Waals surface area contributed by atoms with E-state index in [1.165, 1.54) is 6.20 Å². The minimum Gasteiger partial charge on any atom is -0.493 e. The average Bonchev–Trinajstić information content (AvgIpc) is 2.80. The van der Waals surface area contributed by atoms with Crippen LogP contribution in [0.5, 0.6) is 5.88 Å². The van der Waals surface area contributed by atoms with Gasteiger partial charge < -0.3 is 5.11 Å². The fraction of sp³-hybridized carbons (Fsp3) is 0. The molecule has 4 aromatic rings. The van der Waals surface area contributed by atoms with Crippen LogP contribution in [0.25, 0.3) is 27.5 Å². The Balaban J connectivity index is 2.34. The van der Waals surface area contributed by atoms with Gasteiger partial charge in [-0.3, -0.25) is 9.38 Å². The highest BCUT2D eigenvalue weighted by Gasteiger charge is 2.08. The summed E-state index contributed by atoms with van der Waals surface area (Å²) in [5.41, 5.74) is 2.38. The summed E-state index contributed by atoms with van der Waals surface area (Å²) in [7, 11) is 0. The van der Waals surface area contributed by atoms with Gasteiger partial charge in [0.2, 0.25) is 5.88 Å². The first-order valence-corrected chi connectivity index (χ1v) is 5.67. The van der Waals surface area contributed by atoms with Gasteiger partial charge in [-0.25, -0.2) is 4.98 Å². The van der Waals surface area contributed by atoms with Crippen molar-refractivity contribution in [3.63, 3.8) is 0 Å². The summed E-state index contributed by atoms with van der Waals surface area (Å²) < 4.78 is 1.70. The largest absolute Gasteiger partial charge is 0.493 e. The molecule has 2 aromatic heterocycles. The van der Waals surface area contributed by atoms with Crippen molar-refractivity contribution in [1.29, 1.82) is 0 Å². The Labute approximate surface area is 102 Å². The number of nitrogens with zero attached hydrogens (tertiary/aromatic N) is 3. The number of benzene rings is 2. The van der Waals surface area contributed by atoms with Crippen LogP contribution < -0.4 is 0 Å². The summed E-state index contributed by atoms with van der Waals surface area (Å²) in [6, 6.07) is 12.1. The van der Waals surface area contributed by atoms with Crippen LogP contribution in [0.1, 0.15) is 0 Å². The molecule has 0 aliphatic rings. The standard InChI is InChI=1S/C14H9N3O/c18-13-8-15-12-7-16-14-10-4-2-1-3-9(10)5-6-11(14)17(12)13/h1-8,18H. The number of rotatable bonds is 0. The topological polar surface area (TPSA) is 50.4 Å². The average molecular weight is 235 g/mol. The van der Waals surface area contributed by atoms with Crippen LogP contribution in [-0.4, -0.2) is 19.5 Å². The van der Waals surface area contributed by atoms with Gasteiger partial charge in [-0.1, -0.05) is 30.3 Å². The van der Waals surface area contributed by atoms with E-state index < -0.39 is 0 Å². The quantitative estimate of drug-likeness (QED) is 0.477. The van der Waals surface area contributed by atoms with Gasteiger partial charge >= 0.3 is 0 Å². The molecular formula is C14H9N3O. The normalized spacial score (nSPS) is 11.6. The third kappa shape index (κ3) is 1.09. The summed E-state index contributed by atoms with van der Waals surface area (Å²) in [6.45, 7) is 0. The van der Waals surface area contributed by atoms with Crippen LogP contribution in [0.2, 0.25) is 0 Å². The van der Waals surface area contributed by atoms with E-state index in [1.807, 2.05) is 30.3 Å². The summed E-state index contributed by atoms with van der Waals surface area (Å²) in [6.07, 6.45) is 3.11. The molecule has 4 rings (SSSR count). The Morgan fingerprint density at radius 1 is 0.944 bits per heavy atom. The number of hydrogen-bond donors (Lipinski definition) is 1. The van der Waals surface area contributed by atoms with E-state index in [-0.39, 0.29) is 5.88 Å². The van der Waals surface area contributed by atoms with Crippen molar-refractivity contribution in [3.8, 4) is 5.88 Å². The molecule has 0 aliphatic heterocycles. The number of imidazole rings is 1. The summed E-state index contributed by atoms with van der Waals surface area (Å²) in [4.78, 5) is 8.56. The third-order valence-corrected chi connectivity index (χ3v) is 3.20. The third-order valence-electron chi connectivity index (χ3n) is 3.20. The molecule has 0 amide bonds. The molecule has 0 atom stereocenters. The van der Waals surface area contributed by atoms with E-state index in [0.717, 1.165) is 21.8 Å². The van der Waals surface area contributed by atoms with E-state index in [4.69, 9.17) is 0 Å². The highest BCUT2D eigenvalue weighted by atomic mass is 16.3. The SMILES string of the molecule is Oc1cnc2cnc3c4ccccc4ccc3n12. The molecule has 0 spiro atoms. The lowest BCUT2D eigenvalue weighted by Gasteiger charge is -2.05. The minimum atomic E-state index is 0.132. The fourth-order valence-corrected chi connectivity index (χ4v) is 2.38. The molecule has 1 N–H and O–H groups in total. The smallest absolute Gasteiger partial charge is 0.216 e. The Kier molecular flexibility index (Phi) is 1.67. The Morgan fingerprint density at radius 3 is 2.78 bits per heavy atom. The Hall–Kier alpha value is -2.62. The van der Waals surface area contributed by atoms with E-state index in [0.29, 0.717) is 5.65 Å². The first-order chi connectivity index (χ1) is 8.84. The van der Waals surface area contributed by atoms with Crippen LogP contribution in [0, 0.1) is 0 Å². The zero-order valence-corrected chi connectivity index (χ0v) is 9.41. The van der Waals surface area contributed by atoms with E-state index in [2.05, 4.69) is 16.0 Å². The van der Waals surface area contributed by atoms with E-state index in [1.54, 1.807) is 10.6 Å². The van der Waals surface area contributed by atoms with Crippen molar-refractivity contribution in [3.05, 3.63) is 48.8 Å². The number of aromatic hydroxyl groups is 1. The van der Waals surface area contributed by atoms with Crippen molar-refractivity contribution < 1.29 is 5.11 Å². The van der Waals surface area contributed by atoms with Gasteiger partial charge in [0.05, 0.1) is 23.4 Å². The second-order valence-corrected chi connectivity index (χ2v) is 4.22. The molecule has 0 radical (unpaired) electrons. The monoisotopic (exact) mass is 235 g/mol.